The standard InChI is InChI=1S/C11H8O5/c12-8-5-4-6-2-1-3-7(10(13)14)9(6)16-11(8)15/h1-3H,4-5H2,(H,13,14). The lowest BCUT2D eigenvalue weighted by molar-refractivity contribution is -0.146. The summed E-state index contributed by atoms with van der Waals surface area (Å²) < 4.78 is 4.79. The monoisotopic (exact) mass is 220 g/mol. The first-order valence-corrected chi connectivity index (χ1v) is 4.70. The summed E-state index contributed by atoms with van der Waals surface area (Å²) in [6, 6.07) is 4.55. The summed E-state index contributed by atoms with van der Waals surface area (Å²) in [5.41, 5.74) is 0.472. The van der Waals surface area contributed by atoms with Gasteiger partial charge in [0, 0.05) is 6.42 Å². The average molecular weight is 220 g/mol. The summed E-state index contributed by atoms with van der Waals surface area (Å²) in [7, 11) is 0. The molecule has 0 aromatic heterocycles. The number of rotatable bonds is 1. The van der Waals surface area contributed by atoms with Crippen molar-refractivity contribution in [3.8, 4) is 5.75 Å². The summed E-state index contributed by atoms with van der Waals surface area (Å²) >= 11 is 0. The first-order chi connectivity index (χ1) is 7.59. The minimum absolute atomic E-state index is 0.00847. The number of aryl methyl sites for hydroxylation is 1. The maximum Gasteiger partial charge on any atom is 0.380 e. The van der Waals surface area contributed by atoms with Crippen LogP contribution in [-0.4, -0.2) is 22.8 Å². The lowest BCUT2D eigenvalue weighted by atomic mass is 10.0. The Morgan fingerprint density at radius 3 is 2.69 bits per heavy atom. The molecule has 1 aliphatic heterocycles. The van der Waals surface area contributed by atoms with Crippen LogP contribution < -0.4 is 4.74 Å². The molecule has 1 aromatic rings. The van der Waals surface area contributed by atoms with Crippen molar-refractivity contribution in [1.82, 2.24) is 0 Å². The van der Waals surface area contributed by atoms with E-state index in [1.54, 1.807) is 12.1 Å². The maximum atomic E-state index is 11.2. The van der Waals surface area contributed by atoms with Gasteiger partial charge in [-0.2, -0.15) is 0 Å². The van der Waals surface area contributed by atoms with Crippen molar-refractivity contribution < 1.29 is 24.2 Å². The zero-order valence-corrected chi connectivity index (χ0v) is 8.23. The predicted molar refractivity (Wildman–Crippen MR) is 52.4 cm³/mol. The molecule has 16 heavy (non-hydrogen) atoms. The number of para-hydroxylation sites is 1. The average Bonchev–Trinajstić information content (AvgIpc) is 2.39. The Balaban J connectivity index is 2.54. The molecular weight excluding hydrogens is 212 g/mol. The van der Waals surface area contributed by atoms with Gasteiger partial charge >= 0.3 is 11.9 Å². The van der Waals surface area contributed by atoms with Crippen molar-refractivity contribution in [3.63, 3.8) is 0 Å². The number of hydrogen-bond acceptors (Lipinski definition) is 4. The van der Waals surface area contributed by atoms with Crippen LogP contribution in [0.15, 0.2) is 18.2 Å². The van der Waals surface area contributed by atoms with Gasteiger partial charge in [-0.15, -0.1) is 0 Å². The van der Waals surface area contributed by atoms with E-state index in [0.717, 1.165) is 0 Å². The molecule has 0 unspecified atom stereocenters. The molecule has 82 valence electrons. The van der Waals surface area contributed by atoms with Gasteiger partial charge in [0.2, 0.25) is 5.78 Å². The summed E-state index contributed by atoms with van der Waals surface area (Å²) in [6.45, 7) is 0. The van der Waals surface area contributed by atoms with Crippen molar-refractivity contribution in [2.45, 2.75) is 12.8 Å². The fourth-order valence-corrected chi connectivity index (χ4v) is 1.57. The Bertz CT molecular complexity index is 489. The van der Waals surface area contributed by atoms with Crippen LogP contribution in [0.25, 0.3) is 0 Å². The molecule has 1 aliphatic rings. The molecule has 0 amide bonds. The van der Waals surface area contributed by atoms with Gasteiger partial charge in [-0.3, -0.25) is 4.79 Å². The molecule has 0 bridgehead atoms. The zero-order valence-electron chi connectivity index (χ0n) is 8.23. The Kier molecular flexibility index (Phi) is 2.44. The second kappa shape index (κ2) is 3.77. The number of carboxylic acids is 1. The van der Waals surface area contributed by atoms with E-state index in [2.05, 4.69) is 0 Å². The third kappa shape index (κ3) is 1.67. The van der Waals surface area contributed by atoms with Crippen LogP contribution in [0.3, 0.4) is 0 Å². The van der Waals surface area contributed by atoms with Gasteiger partial charge in [0.05, 0.1) is 0 Å². The van der Waals surface area contributed by atoms with Crippen LogP contribution >= 0.6 is 0 Å². The third-order valence-electron chi connectivity index (χ3n) is 2.37. The zero-order chi connectivity index (χ0) is 11.7. The summed E-state index contributed by atoms with van der Waals surface area (Å²) in [4.78, 5) is 33.2. The molecule has 0 saturated heterocycles. The van der Waals surface area contributed by atoms with Gasteiger partial charge in [0.25, 0.3) is 0 Å². The van der Waals surface area contributed by atoms with Gasteiger partial charge in [-0.1, -0.05) is 12.1 Å². The second-order valence-corrected chi connectivity index (χ2v) is 3.41. The molecule has 0 aliphatic carbocycles. The number of carboxylic acid groups (broad SMARTS) is 1. The highest BCUT2D eigenvalue weighted by molar-refractivity contribution is 6.34. The van der Waals surface area contributed by atoms with Crippen molar-refractivity contribution in [1.29, 1.82) is 0 Å². The SMILES string of the molecule is O=C1CCc2cccc(C(=O)O)c2OC1=O. The number of carbonyl (C=O) groups is 3. The molecule has 0 saturated carbocycles. The molecule has 0 fully saturated rings. The Morgan fingerprint density at radius 1 is 1.25 bits per heavy atom. The van der Waals surface area contributed by atoms with Crippen LogP contribution in [-0.2, 0) is 16.0 Å². The number of benzene rings is 1. The van der Waals surface area contributed by atoms with E-state index in [1.807, 2.05) is 0 Å². The van der Waals surface area contributed by atoms with Gasteiger partial charge < -0.3 is 9.84 Å². The summed E-state index contributed by atoms with van der Waals surface area (Å²) in [6.07, 6.45) is 0.371. The van der Waals surface area contributed by atoms with Crippen molar-refractivity contribution in [2.24, 2.45) is 0 Å². The lowest BCUT2D eigenvalue weighted by Gasteiger charge is -2.07. The van der Waals surface area contributed by atoms with Crippen LogP contribution in [0, 0.1) is 0 Å². The van der Waals surface area contributed by atoms with E-state index >= 15 is 0 Å². The summed E-state index contributed by atoms with van der Waals surface area (Å²) in [5, 5.41) is 8.91. The highest BCUT2D eigenvalue weighted by Gasteiger charge is 2.26. The minimum atomic E-state index is -1.18. The van der Waals surface area contributed by atoms with E-state index in [9.17, 15) is 14.4 Å². The number of ether oxygens (including phenoxy) is 1. The number of carbonyl (C=O) groups excluding carboxylic acids is 2. The van der Waals surface area contributed by atoms with Gasteiger partial charge in [0.1, 0.15) is 11.3 Å². The van der Waals surface area contributed by atoms with E-state index in [1.165, 1.54) is 6.07 Å². The maximum absolute atomic E-state index is 11.2. The van der Waals surface area contributed by atoms with Gasteiger partial charge in [0.15, 0.2) is 0 Å². The number of aromatic carboxylic acids is 1. The highest BCUT2D eigenvalue weighted by atomic mass is 16.5. The van der Waals surface area contributed by atoms with Crippen molar-refractivity contribution in [3.05, 3.63) is 29.3 Å². The molecule has 5 heteroatoms. The second-order valence-electron chi connectivity index (χ2n) is 3.41. The lowest BCUT2D eigenvalue weighted by Crippen LogP contribution is -2.19. The molecule has 0 spiro atoms. The molecule has 5 nitrogen and oxygen atoms in total. The summed E-state index contributed by atoms with van der Waals surface area (Å²) in [5.74, 6) is -2.81. The van der Waals surface area contributed by atoms with Crippen LogP contribution in [0.1, 0.15) is 22.3 Å². The number of ketones is 1. The molecule has 0 radical (unpaired) electrons. The number of fused-ring (bicyclic) bond motifs is 1. The van der Waals surface area contributed by atoms with Gasteiger partial charge in [-0.25, -0.2) is 9.59 Å². The first kappa shape index (κ1) is 10.4. The molecule has 1 aromatic carbocycles. The smallest absolute Gasteiger partial charge is 0.380 e. The Hall–Kier alpha value is -2.17. The third-order valence-corrected chi connectivity index (χ3v) is 2.37. The molecular formula is C11H8O5. The quantitative estimate of drug-likeness (QED) is 0.430. The molecule has 1 heterocycles. The number of Topliss-reactive ketones (excluding diaryl/α,β-unsaturated/α-hetero) is 1. The van der Waals surface area contributed by atoms with Crippen molar-refractivity contribution in [2.75, 3.05) is 0 Å². The van der Waals surface area contributed by atoms with Crippen LogP contribution in [0.4, 0.5) is 0 Å². The van der Waals surface area contributed by atoms with E-state index in [0.29, 0.717) is 12.0 Å². The topological polar surface area (TPSA) is 80.7 Å². The van der Waals surface area contributed by atoms with Crippen LogP contribution in [0.2, 0.25) is 0 Å². The molecule has 1 N–H and O–H groups in total. The van der Waals surface area contributed by atoms with E-state index in [4.69, 9.17) is 9.84 Å². The predicted octanol–water partition coefficient (Wildman–Crippen LogP) is 0.806. The van der Waals surface area contributed by atoms with Gasteiger partial charge in [-0.05, 0) is 18.1 Å². The Morgan fingerprint density at radius 2 is 2.00 bits per heavy atom. The fraction of sp³-hybridized carbons (Fsp3) is 0.182. The van der Waals surface area contributed by atoms with Crippen LogP contribution in [0.5, 0.6) is 5.75 Å². The normalized spacial score (nSPS) is 15.0. The molecule has 2 rings (SSSR count). The van der Waals surface area contributed by atoms with Crippen molar-refractivity contribution >= 4 is 17.7 Å². The first-order valence-electron chi connectivity index (χ1n) is 4.70. The fourth-order valence-electron chi connectivity index (χ4n) is 1.57. The van der Waals surface area contributed by atoms with E-state index < -0.39 is 17.7 Å². The van der Waals surface area contributed by atoms with E-state index in [-0.39, 0.29) is 17.7 Å². The molecule has 0 atom stereocenters. The Labute approximate surface area is 90.6 Å². The highest BCUT2D eigenvalue weighted by Crippen LogP contribution is 2.27. The number of esters is 1. The largest absolute Gasteiger partial charge is 0.478 e. The number of hydrogen-bond donors (Lipinski definition) is 1. The minimum Gasteiger partial charge on any atom is -0.478 e.